The molecule has 2 aromatic rings. The van der Waals surface area contributed by atoms with Crippen molar-refractivity contribution in [1.82, 2.24) is 5.32 Å². The minimum atomic E-state index is -0.363. The molecule has 1 aliphatic carbocycles. The smallest absolute Gasteiger partial charge is 0.262 e. The van der Waals surface area contributed by atoms with Crippen LogP contribution in [-0.4, -0.2) is 19.1 Å². The Labute approximate surface area is 190 Å². The molecule has 7 heteroatoms. The molecule has 0 saturated heterocycles. The van der Waals surface area contributed by atoms with Gasteiger partial charge in [-0.2, -0.15) is 10.5 Å². The van der Waals surface area contributed by atoms with E-state index in [1.807, 2.05) is 18.2 Å². The lowest BCUT2D eigenvalue weighted by atomic mass is 10.1. The second-order valence-corrected chi connectivity index (χ2v) is 8.07. The molecule has 0 heterocycles. The van der Waals surface area contributed by atoms with Gasteiger partial charge in [0.1, 0.15) is 18.2 Å². The standard InChI is InChI=1S/C24H22BrN3O3/c1-30-22-12-16(10-19(14-27)24(29)28-20-8-4-5-9-20)11-21(25)23(22)31-15-18-7-3-2-6-17(18)13-26/h2-3,6-7,10-12,20H,4-5,8-9,15H2,1H3,(H,28,29)/b19-10-. The van der Waals surface area contributed by atoms with Crippen LogP contribution in [0.1, 0.15) is 42.4 Å². The predicted octanol–water partition coefficient (Wildman–Crippen LogP) is 4.87. The molecule has 0 atom stereocenters. The molecule has 158 valence electrons. The number of hydrogen-bond acceptors (Lipinski definition) is 5. The molecular formula is C24H22BrN3O3. The number of nitrogens with one attached hydrogen (secondary N) is 1. The van der Waals surface area contributed by atoms with Crippen LogP contribution in [0.3, 0.4) is 0 Å². The van der Waals surface area contributed by atoms with Gasteiger partial charge in [-0.05, 0) is 58.6 Å². The summed E-state index contributed by atoms with van der Waals surface area (Å²) in [6, 6.07) is 14.9. The van der Waals surface area contributed by atoms with Gasteiger partial charge in [0.15, 0.2) is 11.5 Å². The van der Waals surface area contributed by atoms with Crippen LogP contribution in [0.4, 0.5) is 0 Å². The van der Waals surface area contributed by atoms with Gasteiger partial charge in [0.05, 0.1) is 23.2 Å². The van der Waals surface area contributed by atoms with E-state index in [-0.39, 0.29) is 24.1 Å². The van der Waals surface area contributed by atoms with Gasteiger partial charge in [-0.15, -0.1) is 0 Å². The fourth-order valence-corrected chi connectivity index (χ4v) is 4.09. The van der Waals surface area contributed by atoms with Crippen molar-refractivity contribution in [1.29, 1.82) is 10.5 Å². The Morgan fingerprint density at radius 3 is 2.68 bits per heavy atom. The summed E-state index contributed by atoms with van der Waals surface area (Å²) in [5.74, 6) is 0.558. The number of carbonyl (C=O) groups is 1. The van der Waals surface area contributed by atoms with Gasteiger partial charge in [-0.1, -0.05) is 31.0 Å². The van der Waals surface area contributed by atoms with Gasteiger partial charge >= 0.3 is 0 Å². The van der Waals surface area contributed by atoms with Gasteiger partial charge in [0.25, 0.3) is 5.91 Å². The maximum Gasteiger partial charge on any atom is 0.262 e. The summed E-state index contributed by atoms with van der Waals surface area (Å²) in [5.41, 5.74) is 1.98. The highest BCUT2D eigenvalue weighted by atomic mass is 79.9. The Morgan fingerprint density at radius 1 is 1.26 bits per heavy atom. The van der Waals surface area contributed by atoms with Crippen LogP contribution < -0.4 is 14.8 Å². The maximum absolute atomic E-state index is 12.5. The van der Waals surface area contributed by atoms with Crippen molar-refractivity contribution in [3.63, 3.8) is 0 Å². The molecule has 0 aromatic heterocycles. The summed E-state index contributed by atoms with van der Waals surface area (Å²) < 4.78 is 12.0. The number of methoxy groups -OCH3 is 1. The monoisotopic (exact) mass is 479 g/mol. The lowest BCUT2D eigenvalue weighted by molar-refractivity contribution is -0.117. The number of benzene rings is 2. The Kier molecular flexibility index (Phi) is 7.70. The fraction of sp³-hybridized carbons (Fsp3) is 0.292. The largest absolute Gasteiger partial charge is 0.493 e. The molecule has 1 fully saturated rings. The van der Waals surface area contributed by atoms with E-state index in [1.165, 1.54) is 13.2 Å². The Bertz CT molecular complexity index is 1080. The van der Waals surface area contributed by atoms with E-state index in [2.05, 4.69) is 27.3 Å². The van der Waals surface area contributed by atoms with Crippen LogP contribution in [0, 0.1) is 22.7 Å². The third-order valence-corrected chi connectivity index (χ3v) is 5.72. The topological polar surface area (TPSA) is 95.1 Å². The summed E-state index contributed by atoms with van der Waals surface area (Å²) in [5, 5.41) is 21.6. The normalized spacial score (nSPS) is 13.9. The Balaban J connectivity index is 1.81. The van der Waals surface area contributed by atoms with Crippen LogP contribution in [0.5, 0.6) is 11.5 Å². The zero-order valence-electron chi connectivity index (χ0n) is 17.2. The zero-order chi connectivity index (χ0) is 22.2. The maximum atomic E-state index is 12.5. The molecule has 0 bridgehead atoms. The molecule has 1 amide bonds. The average molecular weight is 480 g/mol. The Hall–Kier alpha value is -3.29. The Morgan fingerprint density at radius 2 is 2.00 bits per heavy atom. The number of amides is 1. The molecule has 0 unspecified atom stereocenters. The number of rotatable bonds is 7. The van der Waals surface area contributed by atoms with Gasteiger partial charge in [-0.3, -0.25) is 4.79 Å². The van der Waals surface area contributed by atoms with E-state index in [4.69, 9.17) is 9.47 Å². The number of nitriles is 2. The lowest BCUT2D eigenvalue weighted by Crippen LogP contribution is -2.33. The fourth-order valence-electron chi connectivity index (χ4n) is 3.52. The third kappa shape index (κ3) is 5.65. The van der Waals surface area contributed by atoms with Crippen molar-refractivity contribution in [2.45, 2.75) is 38.3 Å². The summed E-state index contributed by atoms with van der Waals surface area (Å²) in [6.07, 6.45) is 5.63. The molecular weight excluding hydrogens is 458 g/mol. The molecule has 3 rings (SSSR count). The molecule has 31 heavy (non-hydrogen) atoms. The van der Waals surface area contributed by atoms with E-state index >= 15 is 0 Å². The minimum absolute atomic E-state index is 0.0393. The molecule has 1 N–H and O–H groups in total. The van der Waals surface area contributed by atoms with Crippen LogP contribution in [0.2, 0.25) is 0 Å². The van der Waals surface area contributed by atoms with E-state index in [0.717, 1.165) is 31.2 Å². The average Bonchev–Trinajstić information content (AvgIpc) is 3.29. The van der Waals surface area contributed by atoms with Gasteiger partial charge in [-0.25, -0.2) is 0 Å². The molecule has 0 radical (unpaired) electrons. The van der Waals surface area contributed by atoms with E-state index < -0.39 is 0 Å². The molecule has 6 nitrogen and oxygen atoms in total. The predicted molar refractivity (Wildman–Crippen MR) is 120 cm³/mol. The second kappa shape index (κ2) is 10.7. The van der Waals surface area contributed by atoms with E-state index in [0.29, 0.717) is 27.1 Å². The zero-order valence-corrected chi connectivity index (χ0v) is 18.7. The minimum Gasteiger partial charge on any atom is -0.493 e. The third-order valence-electron chi connectivity index (χ3n) is 5.13. The first-order chi connectivity index (χ1) is 15.0. The lowest BCUT2D eigenvalue weighted by Gasteiger charge is -2.14. The van der Waals surface area contributed by atoms with Crippen molar-refractivity contribution in [2.24, 2.45) is 0 Å². The van der Waals surface area contributed by atoms with Crippen molar-refractivity contribution in [3.8, 4) is 23.6 Å². The van der Waals surface area contributed by atoms with Crippen LogP contribution in [0.25, 0.3) is 6.08 Å². The van der Waals surface area contributed by atoms with Crippen molar-refractivity contribution >= 4 is 27.9 Å². The van der Waals surface area contributed by atoms with Crippen molar-refractivity contribution in [3.05, 3.63) is 63.1 Å². The summed E-state index contributed by atoms with van der Waals surface area (Å²) in [7, 11) is 1.52. The number of hydrogen-bond donors (Lipinski definition) is 1. The molecule has 0 aliphatic heterocycles. The number of carbonyl (C=O) groups excluding carboxylic acids is 1. The highest BCUT2D eigenvalue weighted by Crippen LogP contribution is 2.38. The van der Waals surface area contributed by atoms with Gasteiger partial charge in [0, 0.05) is 11.6 Å². The molecule has 0 spiro atoms. The second-order valence-electron chi connectivity index (χ2n) is 7.22. The molecule has 1 saturated carbocycles. The summed E-state index contributed by atoms with van der Waals surface area (Å²) in [4.78, 5) is 12.5. The molecule has 1 aliphatic rings. The van der Waals surface area contributed by atoms with E-state index in [9.17, 15) is 15.3 Å². The first kappa shape index (κ1) is 22.4. The van der Waals surface area contributed by atoms with Crippen LogP contribution >= 0.6 is 15.9 Å². The SMILES string of the molecule is COc1cc(/C=C(/C#N)C(=O)NC2CCCC2)cc(Br)c1OCc1ccccc1C#N. The first-order valence-corrected chi connectivity index (χ1v) is 10.8. The first-order valence-electron chi connectivity index (χ1n) is 9.96. The quantitative estimate of drug-likeness (QED) is 0.451. The number of nitrogens with zero attached hydrogens (tertiary/aromatic N) is 2. The van der Waals surface area contributed by atoms with Gasteiger partial charge in [0.2, 0.25) is 0 Å². The van der Waals surface area contributed by atoms with Crippen LogP contribution in [0.15, 0.2) is 46.4 Å². The number of halogens is 1. The van der Waals surface area contributed by atoms with Crippen molar-refractivity contribution < 1.29 is 14.3 Å². The molecule has 2 aromatic carbocycles. The van der Waals surface area contributed by atoms with Crippen LogP contribution in [-0.2, 0) is 11.4 Å². The van der Waals surface area contributed by atoms with Gasteiger partial charge < -0.3 is 14.8 Å². The summed E-state index contributed by atoms with van der Waals surface area (Å²) >= 11 is 3.49. The number of ether oxygens (including phenoxy) is 2. The highest BCUT2D eigenvalue weighted by Gasteiger charge is 2.20. The van der Waals surface area contributed by atoms with Crippen molar-refractivity contribution in [2.75, 3.05) is 7.11 Å². The summed E-state index contributed by atoms with van der Waals surface area (Å²) in [6.45, 7) is 0.196. The highest BCUT2D eigenvalue weighted by molar-refractivity contribution is 9.10. The van der Waals surface area contributed by atoms with E-state index in [1.54, 1.807) is 24.3 Å².